The molecule has 0 spiro atoms. The number of carbonyl (C=O) groups is 1. The lowest BCUT2D eigenvalue weighted by atomic mass is 10.2. The van der Waals surface area contributed by atoms with E-state index in [2.05, 4.69) is 5.32 Å². The third kappa shape index (κ3) is 3.15. The van der Waals surface area contributed by atoms with Crippen LogP contribution in [0.1, 0.15) is 10.4 Å². The molecule has 2 rings (SSSR count). The number of hydrogen-bond donors (Lipinski definition) is 2. The highest BCUT2D eigenvalue weighted by Gasteiger charge is 2.14. The van der Waals surface area contributed by atoms with Gasteiger partial charge in [-0.2, -0.15) is 0 Å². The first kappa shape index (κ1) is 14.5. The van der Waals surface area contributed by atoms with Gasteiger partial charge in [0, 0.05) is 11.4 Å². The molecule has 0 aromatic heterocycles. The first-order valence-electron chi connectivity index (χ1n) is 5.71. The standard InChI is InChI=1S/C14H12Cl2N2O2/c1-20-10-4-2-9(3-5-10)18-14(19)11-6-8(17)7-12(15)13(11)16/h2-7H,17H2,1H3,(H,18,19). The molecule has 0 fully saturated rings. The van der Waals surface area contributed by atoms with Gasteiger partial charge in [-0.05, 0) is 36.4 Å². The van der Waals surface area contributed by atoms with Gasteiger partial charge in [-0.1, -0.05) is 23.2 Å². The van der Waals surface area contributed by atoms with Gasteiger partial charge in [0.05, 0.1) is 22.7 Å². The van der Waals surface area contributed by atoms with Crippen molar-refractivity contribution in [2.24, 2.45) is 0 Å². The van der Waals surface area contributed by atoms with Crippen LogP contribution in [0, 0.1) is 0 Å². The molecule has 0 aliphatic heterocycles. The summed E-state index contributed by atoms with van der Waals surface area (Å²) >= 11 is 11.9. The maximum atomic E-state index is 12.2. The van der Waals surface area contributed by atoms with Gasteiger partial charge in [0.25, 0.3) is 5.91 Å². The number of nitrogens with one attached hydrogen (secondary N) is 1. The molecule has 4 nitrogen and oxygen atoms in total. The molecule has 104 valence electrons. The topological polar surface area (TPSA) is 64.3 Å². The van der Waals surface area contributed by atoms with Gasteiger partial charge in [0.15, 0.2) is 0 Å². The second kappa shape index (κ2) is 6.03. The number of hydrogen-bond acceptors (Lipinski definition) is 3. The fourth-order valence-electron chi connectivity index (χ4n) is 1.65. The molecular formula is C14H12Cl2N2O2. The van der Waals surface area contributed by atoms with Crippen LogP contribution in [0.5, 0.6) is 5.75 Å². The third-order valence-electron chi connectivity index (χ3n) is 2.64. The lowest BCUT2D eigenvalue weighted by Crippen LogP contribution is -2.13. The molecule has 0 radical (unpaired) electrons. The Balaban J connectivity index is 2.23. The Kier molecular flexibility index (Phi) is 4.37. The van der Waals surface area contributed by atoms with Crippen molar-refractivity contribution in [2.45, 2.75) is 0 Å². The van der Waals surface area contributed by atoms with E-state index in [9.17, 15) is 4.79 Å². The first-order chi connectivity index (χ1) is 9.51. The van der Waals surface area contributed by atoms with Crippen molar-refractivity contribution in [3.63, 3.8) is 0 Å². The van der Waals surface area contributed by atoms with E-state index in [1.54, 1.807) is 31.4 Å². The van der Waals surface area contributed by atoms with Gasteiger partial charge in [0.2, 0.25) is 0 Å². The van der Waals surface area contributed by atoms with Gasteiger partial charge >= 0.3 is 0 Å². The maximum absolute atomic E-state index is 12.2. The number of halogens is 2. The Morgan fingerprint density at radius 1 is 1.20 bits per heavy atom. The van der Waals surface area contributed by atoms with Crippen molar-refractivity contribution in [1.82, 2.24) is 0 Å². The van der Waals surface area contributed by atoms with E-state index in [1.165, 1.54) is 12.1 Å². The van der Waals surface area contributed by atoms with Crippen LogP contribution in [0.2, 0.25) is 10.0 Å². The molecule has 0 atom stereocenters. The fourth-order valence-corrected chi connectivity index (χ4v) is 2.07. The number of amides is 1. The lowest BCUT2D eigenvalue weighted by Gasteiger charge is -2.09. The molecule has 6 heteroatoms. The minimum Gasteiger partial charge on any atom is -0.497 e. The summed E-state index contributed by atoms with van der Waals surface area (Å²) in [5.41, 5.74) is 6.88. The van der Waals surface area contributed by atoms with E-state index in [-0.39, 0.29) is 21.5 Å². The third-order valence-corrected chi connectivity index (χ3v) is 3.45. The van der Waals surface area contributed by atoms with Gasteiger partial charge in [-0.25, -0.2) is 0 Å². The van der Waals surface area contributed by atoms with E-state index in [1.807, 2.05) is 0 Å². The van der Waals surface area contributed by atoms with Crippen molar-refractivity contribution in [3.05, 3.63) is 52.0 Å². The van der Waals surface area contributed by atoms with E-state index < -0.39 is 0 Å². The highest BCUT2D eigenvalue weighted by atomic mass is 35.5. The van der Waals surface area contributed by atoms with Crippen molar-refractivity contribution in [1.29, 1.82) is 0 Å². The summed E-state index contributed by atoms with van der Waals surface area (Å²) in [5.74, 6) is 0.322. The van der Waals surface area contributed by atoms with E-state index in [0.717, 1.165) is 0 Å². The summed E-state index contributed by atoms with van der Waals surface area (Å²) < 4.78 is 5.04. The van der Waals surface area contributed by atoms with Crippen molar-refractivity contribution >= 4 is 40.5 Å². The van der Waals surface area contributed by atoms with E-state index >= 15 is 0 Å². The predicted molar refractivity (Wildman–Crippen MR) is 81.8 cm³/mol. The average molecular weight is 311 g/mol. The van der Waals surface area contributed by atoms with Crippen LogP contribution in [0.15, 0.2) is 36.4 Å². The zero-order chi connectivity index (χ0) is 14.7. The number of rotatable bonds is 3. The molecule has 0 aliphatic rings. The molecule has 0 bridgehead atoms. The summed E-state index contributed by atoms with van der Waals surface area (Å²) in [4.78, 5) is 12.2. The molecule has 0 saturated heterocycles. The minimum atomic E-state index is -0.380. The fraction of sp³-hybridized carbons (Fsp3) is 0.0714. The monoisotopic (exact) mass is 310 g/mol. The summed E-state index contributed by atoms with van der Waals surface area (Å²) in [6, 6.07) is 9.89. The van der Waals surface area contributed by atoms with Crippen LogP contribution >= 0.6 is 23.2 Å². The number of carbonyl (C=O) groups excluding carboxylic acids is 1. The van der Waals surface area contributed by atoms with Gasteiger partial charge < -0.3 is 15.8 Å². The van der Waals surface area contributed by atoms with Crippen molar-refractivity contribution < 1.29 is 9.53 Å². The van der Waals surface area contributed by atoms with E-state index in [4.69, 9.17) is 33.7 Å². The zero-order valence-corrected chi connectivity index (χ0v) is 12.1. The van der Waals surface area contributed by atoms with Crippen LogP contribution in [-0.4, -0.2) is 13.0 Å². The molecule has 3 N–H and O–H groups in total. The molecule has 20 heavy (non-hydrogen) atoms. The summed E-state index contributed by atoms with van der Waals surface area (Å²) in [6.45, 7) is 0. The number of benzene rings is 2. The molecule has 0 unspecified atom stereocenters. The number of anilines is 2. The van der Waals surface area contributed by atoms with Gasteiger partial charge in [-0.15, -0.1) is 0 Å². The van der Waals surface area contributed by atoms with Gasteiger partial charge in [-0.3, -0.25) is 4.79 Å². The summed E-state index contributed by atoms with van der Waals surface area (Å²) in [5, 5.41) is 3.13. The zero-order valence-electron chi connectivity index (χ0n) is 10.6. The number of nitrogen functional groups attached to an aromatic ring is 1. The average Bonchev–Trinajstić information content (AvgIpc) is 2.43. The Hall–Kier alpha value is -1.91. The number of ether oxygens (including phenoxy) is 1. The summed E-state index contributed by atoms with van der Waals surface area (Å²) in [6.07, 6.45) is 0. The maximum Gasteiger partial charge on any atom is 0.257 e. The SMILES string of the molecule is COc1ccc(NC(=O)c2cc(N)cc(Cl)c2Cl)cc1. The Morgan fingerprint density at radius 3 is 2.45 bits per heavy atom. The highest BCUT2D eigenvalue weighted by Crippen LogP contribution is 2.29. The normalized spacial score (nSPS) is 10.2. The molecule has 2 aromatic rings. The molecule has 1 amide bonds. The van der Waals surface area contributed by atoms with E-state index in [0.29, 0.717) is 17.1 Å². The first-order valence-corrected chi connectivity index (χ1v) is 6.47. The molecule has 0 saturated carbocycles. The van der Waals surface area contributed by atoms with Crippen molar-refractivity contribution in [2.75, 3.05) is 18.2 Å². The molecular weight excluding hydrogens is 299 g/mol. The molecule has 2 aromatic carbocycles. The van der Waals surface area contributed by atoms with Crippen LogP contribution in [0.3, 0.4) is 0 Å². The summed E-state index contributed by atoms with van der Waals surface area (Å²) in [7, 11) is 1.57. The van der Waals surface area contributed by atoms with Crippen LogP contribution < -0.4 is 15.8 Å². The Labute approximate surface area is 126 Å². The molecule has 0 aliphatic carbocycles. The number of methoxy groups -OCH3 is 1. The lowest BCUT2D eigenvalue weighted by molar-refractivity contribution is 0.102. The Morgan fingerprint density at radius 2 is 1.85 bits per heavy atom. The molecule has 0 heterocycles. The highest BCUT2D eigenvalue weighted by molar-refractivity contribution is 6.44. The minimum absolute atomic E-state index is 0.173. The van der Waals surface area contributed by atoms with Crippen LogP contribution in [0.4, 0.5) is 11.4 Å². The smallest absolute Gasteiger partial charge is 0.257 e. The largest absolute Gasteiger partial charge is 0.497 e. The second-order valence-electron chi connectivity index (χ2n) is 4.05. The van der Waals surface area contributed by atoms with Crippen LogP contribution in [-0.2, 0) is 0 Å². The quantitative estimate of drug-likeness (QED) is 0.847. The van der Waals surface area contributed by atoms with Gasteiger partial charge in [0.1, 0.15) is 5.75 Å². The second-order valence-corrected chi connectivity index (χ2v) is 4.83. The van der Waals surface area contributed by atoms with Crippen molar-refractivity contribution in [3.8, 4) is 5.75 Å². The number of nitrogens with two attached hydrogens (primary N) is 1. The predicted octanol–water partition coefficient (Wildman–Crippen LogP) is 3.84. The Bertz CT molecular complexity index is 642. The van der Waals surface area contributed by atoms with Crippen LogP contribution in [0.25, 0.3) is 0 Å².